The van der Waals surface area contributed by atoms with Crippen molar-refractivity contribution < 1.29 is 19.6 Å². The van der Waals surface area contributed by atoms with Crippen molar-refractivity contribution in [1.29, 1.82) is 0 Å². The van der Waals surface area contributed by atoms with Gasteiger partial charge in [-0.25, -0.2) is 0 Å². The first-order chi connectivity index (χ1) is 13.8. The molecular weight excluding hydrogens is 374 g/mol. The highest BCUT2D eigenvalue weighted by molar-refractivity contribution is 5.99. The van der Waals surface area contributed by atoms with Gasteiger partial charge in [0, 0.05) is 5.56 Å². The highest BCUT2D eigenvalue weighted by Gasteiger charge is 2.35. The summed E-state index contributed by atoms with van der Waals surface area (Å²) in [7, 11) is 1.51. The number of benzene rings is 2. The number of ether oxygens (including phenoxy) is 1. The highest BCUT2D eigenvalue weighted by Crippen LogP contribution is 2.32. The van der Waals surface area contributed by atoms with Crippen LogP contribution in [0.5, 0.6) is 5.75 Å². The quantitative estimate of drug-likeness (QED) is 0.374. The minimum atomic E-state index is -1.51. The standard InChI is InChI=1S/C21H21N3O5/c1-13-18(24(27)28)14(2)23(22-13)19(16-10-7-11-17(12-16)29-3)21(26)20(25)15-8-5-4-6-9-15/h4-12,19,21,26H,1-3H3/t19-,21-/m0/s1. The number of hydrogen-bond acceptors (Lipinski definition) is 6. The highest BCUT2D eigenvalue weighted by atomic mass is 16.6. The number of Topliss-reactive ketones (excluding diaryl/α,β-unsaturated/α-hetero) is 1. The number of hydrogen-bond donors (Lipinski definition) is 1. The Balaban J connectivity index is 2.16. The van der Waals surface area contributed by atoms with E-state index in [1.807, 2.05) is 0 Å². The van der Waals surface area contributed by atoms with E-state index in [4.69, 9.17) is 4.74 Å². The fourth-order valence-electron chi connectivity index (χ4n) is 3.39. The molecule has 8 nitrogen and oxygen atoms in total. The molecule has 3 aromatic rings. The minimum Gasteiger partial charge on any atom is -0.497 e. The SMILES string of the molecule is COc1cccc([C@@H]([C@H](O)C(=O)c2ccccc2)n2nc(C)c([N+](=O)[O-])c2C)c1. The van der Waals surface area contributed by atoms with Crippen LogP contribution in [-0.2, 0) is 0 Å². The van der Waals surface area contributed by atoms with Crippen LogP contribution in [0.25, 0.3) is 0 Å². The normalized spacial score (nSPS) is 13.0. The minimum absolute atomic E-state index is 0.141. The van der Waals surface area contributed by atoms with Crippen molar-refractivity contribution in [1.82, 2.24) is 9.78 Å². The summed E-state index contributed by atoms with van der Waals surface area (Å²) in [5, 5.41) is 26.8. The van der Waals surface area contributed by atoms with Crippen LogP contribution in [0.1, 0.15) is 33.4 Å². The number of rotatable bonds is 7. The van der Waals surface area contributed by atoms with Crippen molar-refractivity contribution in [2.24, 2.45) is 0 Å². The Hall–Kier alpha value is -3.52. The molecule has 1 N–H and O–H groups in total. The zero-order valence-electron chi connectivity index (χ0n) is 16.3. The number of aryl methyl sites for hydroxylation is 1. The number of aromatic nitrogens is 2. The molecule has 0 amide bonds. The van der Waals surface area contributed by atoms with Crippen LogP contribution < -0.4 is 4.74 Å². The molecule has 29 heavy (non-hydrogen) atoms. The van der Waals surface area contributed by atoms with Gasteiger partial charge in [-0.1, -0.05) is 42.5 Å². The molecule has 0 bridgehead atoms. The van der Waals surface area contributed by atoms with Crippen LogP contribution in [0, 0.1) is 24.0 Å². The van der Waals surface area contributed by atoms with E-state index in [-0.39, 0.29) is 17.1 Å². The molecule has 3 rings (SSSR count). The summed E-state index contributed by atoms with van der Waals surface area (Å²) in [6.07, 6.45) is -1.51. The molecule has 2 aromatic carbocycles. The zero-order valence-corrected chi connectivity index (χ0v) is 16.3. The van der Waals surface area contributed by atoms with E-state index >= 15 is 0 Å². The third-order valence-electron chi connectivity index (χ3n) is 4.79. The van der Waals surface area contributed by atoms with Crippen LogP contribution in [-0.4, -0.2) is 38.8 Å². The Morgan fingerprint density at radius 1 is 1.17 bits per heavy atom. The van der Waals surface area contributed by atoms with Crippen molar-refractivity contribution in [3.63, 3.8) is 0 Å². The fourth-order valence-corrected chi connectivity index (χ4v) is 3.39. The van der Waals surface area contributed by atoms with Gasteiger partial charge in [0.2, 0.25) is 0 Å². The number of carbonyl (C=O) groups excluding carboxylic acids is 1. The van der Waals surface area contributed by atoms with Gasteiger partial charge in [-0.3, -0.25) is 19.6 Å². The van der Waals surface area contributed by atoms with E-state index in [0.717, 1.165) is 0 Å². The van der Waals surface area contributed by atoms with E-state index in [0.29, 0.717) is 16.9 Å². The second-order valence-electron chi connectivity index (χ2n) is 6.62. The van der Waals surface area contributed by atoms with Gasteiger partial charge in [-0.15, -0.1) is 0 Å². The maximum absolute atomic E-state index is 13.0. The van der Waals surface area contributed by atoms with Gasteiger partial charge in [0.15, 0.2) is 5.78 Å². The van der Waals surface area contributed by atoms with E-state index in [1.165, 1.54) is 18.7 Å². The predicted molar refractivity (Wildman–Crippen MR) is 106 cm³/mol. The lowest BCUT2D eigenvalue weighted by Crippen LogP contribution is -2.34. The zero-order chi connectivity index (χ0) is 21.1. The summed E-state index contributed by atoms with van der Waals surface area (Å²) >= 11 is 0. The molecule has 0 aliphatic carbocycles. The summed E-state index contributed by atoms with van der Waals surface area (Å²) < 4.78 is 6.60. The molecule has 0 aliphatic heterocycles. The summed E-state index contributed by atoms with van der Waals surface area (Å²) in [4.78, 5) is 23.9. The van der Waals surface area contributed by atoms with Gasteiger partial charge in [0.1, 0.15) is 29.3 Å². The fraction of sp³-hybridized carbons (Fsp3) is 0.238. The van der Waals surface area contributed by atoms with Crippen molar-refractivity contribution >= 4 is 11.5 Å². The molecule has 1 heterocycles. The molecule has 0 radical (unpaired) electrons. The molecule has 8 heteroatoms. The smallest absolute Gasteiger partial charge is 0.312 e. The molecule has 150 valence electrons. The van der Waals surface area contributed by atoms with Crippen LogP contribution >= 0.6 is 0 Å². The van der Waals surface area contributed by atoms with E-state index in [2.05, 4.69) is 5.10 Å². The van der Waals surface area contributed by atoms with Crippen molar-refractivity contribution in [3.05, 3.63) is 87.2 Å². The predicted octanol–water partition coefficient (Wildman–Crippen LogP) is 3.25. The first kappa shape index (κ1) is 20.2. The lowest BCUT2D eigenvalue weighted by atomic mass is 9.94. The van der Waals surface area contributed by atoms with E-state index in [9.17, 15) is 20.0 Å². The Morgan fingerprint density at radius 3 is 2.45 bits per heavy atom. The molecule has 0 aliphatic rings. The second-order valence-corrected chi connectivity index (χ2v) is 6.62. The summed E-state index contributed by atoms with van der Waals surface area (Å²) in [5.41, 5.74) is 1.20. The monoisotopic (exact) mass is 395 g/mol. The molecule has 0 unspecified atom stereocenters. The van der Waals surface area contributed by atoms with Gasteiger partial charge in [-0.05, 0) is 31.5 Å². The first-order valence-electron chi connectivity index (χ1n) is 8.96. The average molecular weight is 395 g/mol. The molecule has 1 aromatic heterocycles. The largest absolute Gasteiger partial charge is 0.497 e. The van der Waals surface area contributed by atoms with Crippen molar-refractivity contribution in [2.75, 3.05) is 7.11 Å². The third-order valence-corrected chi connectivity index (χ3v) is 4.79. The van der Waals surface area contributed by atoms with Gasteiger partial charge in [0.25, 0.3) is 0 Å². The van der Waals surface area contributed by atoms with Crippen molar-refractivity contribution in [2.45, 2.75) is 26.0 Å². The van der Waals surface area contributed by atoms with Crippen LogP contribution in [0.4, 0.5) is 5.69 Å². The van der Waals surface area contributed by atoms with Gasteiger partial charge in [0.05, 0.1) is 12.0 Å². The number of methoxy groups -OCH3 is 1. The molecular formula is C21H21N3O5. The number of aliphatic hydroxyl groups excluding tert-OH is 1. The molecule has 0 saturated heterocycles. The maximum Gasteiger partial charge on any atom is 0.312 e. The average Bonchev–Trinajstić information content (AvgIpc) is 3.02. The number of ketones is 1. The second kappa shape index (κ2) is 8.24. The number of carbonyl (C=O) groups is 1. The Kier molecular flexibility index (Phi) is 5.74. The Morgan fingerprint density at radius 2 is 1.86 bits per heavy atom. The number of nitro groups is 1. The number of aliphatic hydroxyl groups is 1. The van der Waals surface area contributed by atoms with Crippen LogP contribution in [0.3, 0.4) is 0 Å². The molecule has 0 spiro atoms. The van der Waals surface area contributed by atoms with Gasteiger partial charge >= 0.3 is 5.69 Å². The van der Waals surface area contributed by atoms with Gasteiger partial charge < -0.3 is 9.84 Å². The van der Waals surface area contributed by atoms with E-state index in [1.54, 1.807) is 61.5 Å². The summed E-state index contributed by atoms with van der Waals surface area (Å²) in [6.45, 7) is 3.07. The summed E-state index contributed by atoms with van der Waals surface area (Å²) in [5.74, 6) is 0.0246. The summed E-state index contributed by atoms with van der Waals surface area (Å²) in [6, 6.07) is 14.3. The lowest BCUT2D eigenvalue weighted by Gasteiger charge is -2.24. The molecule has 0 saturated carbocycles. The first-order valence-corrected chi connectivity index (χ1v) is 8.96. The van der Waals surface area contributed by atoms with Crippen LogP contribution in [0.2, 0.25) is 0 Å². The van der Waals surface area contributed by atoms with Crippen molar-refractivity contribution in [3.8, 4) is 5.75 Å². The maximum atomic E-state index is 13.0. The van der Waals surface area contributed by atoms with E-state index < -0.39 is 22.9 Å². The Labute approximate surface area is 167 Å². The third kappa shape index (κ3) is 3.88. The van der Waals surface area contributed by atoms with Gasteiger partial charge in [-0.2, -0.15) is 5.10 Å². The van der Waals surface area contributed by atoms with Crippen LogP contribution in [0.15, 0.2) is 54.6 Å². The molecule has 2 atom stereocenters. The lowest BCUT2D eigenvalue weighted by molar-refractivity contribution is -0.386. The number of nitrogens with zero attached hydrogens (tertiary/aromatic N) is 3. The topological polar surface area (TPSA) is 107 Å². The molecule has 0 fully saturated rings. The Bertz CT molecular complexity index is 1050.